The second-order valence-electron chi connectivity index (χ2n) is 4.81. The standard InChI is InChI=1S/C18H17BrO5/c1-22-16-8-12(9-17(23-2)18(16)24-3)15(21)10-14(20)11-4-6-13(19)7-5-11/h4-10,21H,1-3H3/b15-10+. The van der Waals surface area contributed by atoms with E-state index in [1.165, 1.54) is 21.3 Å². The molecular formula is C18H17BrO5. The first-order valence-corrected chi connectivity index (χ1v) is 7.80. The number of carbonyl (C=O) groups excluding carboxylic acids is 1. The summed E-state index contributed by atoms with van der Waals surface area (Å²) in [6, 6.07) is 10.0. The first-order chi connectivity index (χ1) is 11.5. The minimum absolute atomic E-state index is 0.192. The zero-order chi connectivity index (χ0) is 17.7. The molecule has 0 unspecified atom stereocenters. The molecule has 126 valence electrons. The van der Waals surface area contributed by atoms with Gasteiger partial charge in [-0.3, -0.25) is 4.79 Å². The van der Waals surface area contributed by atoms with E-state index in [9.17, 15) is 9.90 Å². The fraction of sp³-hybridized carbons (Fsp3) is 0.167. The topological polar surface area (TPSA) is 65.0 Å². The lowest BCUT2D eigenvalue weighted by Crippen LogP contribution is -1.99. The Labute approximate surface area is 148 Å². The largest absolute Gasteiger partial charge is 0.507 e. The average molecular weight is 393 g/mol. The van der Waals surface area contributed by atoms with E-state index in [1.807, 2.05) is 0 Å². The zero-order valence-electron chi connectivity index (χ0n) is 13.5. The van der Waals surface area contributed by atoms with Gasteiger partial charge < -0.3 is 19.3 Å². The molecule has 0 saturated carbocycles. The molecule has 0 fully saturated rings. The summed E-state index contributed by atoms with van der Waals surface area (Å²) < 4.78 is 16.6. The van der Waals surface area contributed by atoms with E-state index in [2.05, 4.69) is 15.9 Å². The fourth-order valence-corrected chi connectivity index (χ4v) is 2.40. The van der Waals surface area contributed by atoms with Gasteiger partial charge in [0.15, 0.2) is 17.3 Å². The van der Waals surface area contributed by atoms with Crippen LogP contribution in [-0.2, 0) is 0 Å². The summed E-state index contributed by atoms with van der Waals surface area (Å²) in [5.74, 6) is 0.692. The number of methoxy groups -OCH3 is 3. The highest BCUT2D eigenvalue weighted by Gasteiger charge is 2.15. The Bertz CT molecular complexity index is 740. The van der Waals surface area contributed by atoms with Crippen LogP contribution in [0.1, 0.15) is 15.9 Å². The normalized spacial score (nSPS) is 11.1. The number of aliphatic hydroxyl groups is 1. The van der Waals surface area contributed by atoms with Gasteiger partial charge in [0, 0.05) is 21.7 Å². The van der Waals surface area contributed by atoms with Crippen molar-refractivity contribution in [3.8, 4) is 17.2 Å². The number of hydrogen-bond donors (Lipinski definition) is 1. The number of ether oxygens (including phenoxy) is 3. The van der Waals surface area contributed by atoms with Gasteiger partial charge in [-0.15, -0.1) is 0 Å². The van der Waals surface area contributed by atoms with Crippen molar-refractivity contribution in [1.82, 2.24) is 0 Å². The van der Waals surface area contributed by atoms with Crippen molar-refractivity contribution < 1.29 is 24.1 Å². The quantitative estimate of drug-likeness (QED) is 0.452. The Balaban J connectivity index is 2.39. The summed E-state index contributed by atoms with van der Waals surface area (Å²) >= 11 is 3.31. The lowest BCUT2D eigenvalue weighted by Gasteiger charge is -2.13. The Morgan fingerprint density at radius 2 is 1.50 bits per heavy atom. The third-order valence-electron chi connectivity index (χ3n) is 3.36. The minimum Gasteiger partial charge on any atom is -0.507 e. The first kappa shape index (κ1) is 17.9. The van der Waals surface area contributed by atoms with Crippen molar-refractivity contribution in [2.24, 2.45) is 0 Å². The van der Waals surface area contributed by atoms with Gasteiger partial charge in [0.25, 0.3) is 0 Å². The molecule has 0 atom stereocenters. The SMILES string of the molecule is COc1cc(/C(O)=C\C(=O)c2ccc(Br)cc2)cc(OC)c1OC. The molecule has 5 nitrogen and oxygen atoms in total. The first-order valence-electron chi connectivity index (χ1n) is 7.01. The van der Waals surface area contributed by atoms with Crippen LogP contribution in [0, 0.1) is 0 Å². The van der Waals surface area contributed by atoms with E-state index >= 15 is 0 Å². The molecule has 1 N–H and O–H groups in total. The van der Waals surface area contributed by atoms with Gasteiger partial charge in [0.1, 0.15) is 5.76 Å². The number of rotatable bonds is 6. The van der Waals surface area contributed by atoms with Gasteiger partial charge in [0.05, 0.1) is 21.3 Å². The van der Waals surface area contributed by atoms with Crippen molar-refractivity contribution in [3.05, 3.63) is 58.1 Å². The highest BCUT2D eigenvalue weighted by Crippen LogP contribution is 2.39. The summed E-state index contributed by atoms with van der Waals surface area (Å²) in [4.78, 5) is 12.2. The summed E-state index contributed by atoms with van der Waals surface area (Å²) in [6.07, 6.45) is 1.16. The highest BCUT2D eigenvalue weighted by molar-refractivity contribution is 9.10. The van der Waals surface area contributed by atoms with Crippen LogP contribution in [0.2, 0.25) is 0 Å². The molecule has 0 radical (unpaired) electrons. The van der Waals surface area contributed by atoms with Crippen LogP contribution in [-0.4, -0.2) is 32.2 Å². The molecule has 0 bridgehead atoms. The molecule has 6 heteroatoms. The Hall–Kier alpha value is -2.47. The van der Waals surface area contributed by atoms with Crippen molar-refractivity contribution in [1.29, 1.82) is 0 Å². The molecule has 0 heterocycles. The lowest BCUT2D eigenvalue weighted by atomic mass is 10.1. The number of aliphatic hydroxyl groups excluding tert-OH is 1. The molecule has 0 amide bonds. The van der Waals surface area contributed by atoms with Gasteiger partial charge in [-0.05, 0) is 36.4 Å². The average Bonchev–Trinajstić information content (AvgIpc) is 2.60. The van der Waals surface area contributed by atoms with Crippen LogP contribution in [0.4, 0.5) is 0 Å². The van der Waals surface area contributed by atoms with E-state index in [-0.39, 0.29) is 11.5 Å². The number of allylic oxidation sites excluding steroid dienone is 1. The molecule has 0 aliphatic carbocycles. The molecule has 2 aromatic carbocycles. The molecule has 0 spiro atoms. The molecule has 0 aliphatic rings. The number of benzene rings is 2. The van der Waals surface area contributed by atoms with E-state index < -0.39 is 0 Å². The third kappa shape index (κ3) is 3.89. The van der Waals surface area contributed by atoms with E-state index in [4.69, 9.17) is 14.2 Å². The monoisotopic (exact) mass is 392 g/mol. The van der Waals surface area contributed by atoms with Crippen LogP contribution >= 0.6 is 15.9 Å². The molecule has 0 aromatic heterocycles. The van der Waals surface area contributed by atoms with Gasteiger partial charge in [-0.25, -0.2) is 0 Å². The number of halogens is 1. The van der Waals surface area contributed by atoms with Gasteiger partial charge >= 0.3 is 0 Å². The molecular weight excluding hydrogens is 376 g/mol. The maximum atomic E-state index is 12.2. The minimum atomic E-state index is -0.311. The Morgan fingerprint density at radius 3 is 1.96 bits per heavy atom. The van der Waals surface area contributed by atoms with E-state index in [1.54, 1.807) is 36.4 Å². The summed E-state index contributed by atoms with van der Waals surface area (Å²) in [7, 11) is 4.45. The smallest absolute Gasteiger partial charge is 0.203 e. The Kier molecular flexibility index (Phi) is 5.87. The van der Waals surface area contributed by atoms with Crippen LogP contribution in [0.3, 0.4) is 0 Å². The van der Waals surface area contributed by atoms with Crippen LogP contribution < -0.4 is 14.2 Å². The van der Waals surface area contributed by atoms with Crippen molar-refractivity contribution in [2.75, 3.05) is 21.3 Å². The summed E-state index contributed by atoms with van der Waals surface area (Å²) in [5, 5.41) is 10.3. The second kappa shape index (κ2) is 7.88. The second-order valence-corrected chi connectivity index (χ2v) is 5.73. The van der Waals surface area contributed by atoms with Gasteiger partial charge in [-0.2, -0.15) is 0 Å². The van der Waals surface area contributed by atoms with Crippen molar-refractivity contribution >= 4 is 27.5 Å². The lowest BCUT2D eigenvalue weighted by molar-refractivity contribution is 0.104. The van der Waals surface area contributed by atoms with Crippen molar-refractivity contribution in [3.63, 3.8) is 0 Å². The summed E-state index contributed by atoms with van der Waals surface area (Å²) in [5.41, 5.74) is 0.854. The highest BCUT2D eigenvalue weighted by atomic mass is 79.9. The van der Waals surface area contributed by atoms with Crippen LogP contribution in [0.25, 0.3) is 5.76 Å². The molecule has 0 saturated heterocycles. The predicted molar refractivity (Wildman–Crippen MR) is 95.2 cm³/mol. The maximum Gasteiger partial charge on any atom is 0.203 e. The molecule has 0 aliphatic heterocycles. The maximum absolute atomic E-state index is 12.2. The molecule has 24 heavy (non-hydrogen) atoms. The zero-order valence-corrected chi connectivity index (χ0v) is 15.1. The summed E-state index contributed by atoms with van der Waals surface area (Å²) in [6.45, 7) is 0. The van der Waals surface area contributed by atoms with Crippen molar-refractivity contribution in [2.45, 2.75) is 0 Å². The van der Waals surface area contributed by atoms with Crippen LogP contribution in [0.5, 0.6) is 17.2 Å². The van der Waals surface area contributed by atoms with E-state index in [0.29, 0.717) is 28.4 Å². The number of ketones is 1. The fourth-order valence-electron chi connectivity index (χ4n) is 2.13. The van der Waals surface area contributed by atoms with Gasteiger partial charge in [0.2, 0.25) is 5.75 Å². The van der Waals surface area contributed by atoms with Gasteiger partial charge in [-0.1, -0.05) is 15.9 Å². The van der Waals surface area contributed by atoms with Crippen LogP contribution in [0.15, 0.2) is 46.9 Å². The number of hydrogen-bond acceptors (Lipinski definition) is 5. The number of carbonyl (C=O) groups is 1. The van der Waals surface area contributed by atoms with E-state index in [0.717, 1.165) is 10.5 Å². The predicted octanol–water partition coefficient (Wildman–Crippen LogP) is 4.26. The molecule has 2 aromatic rings. The molecule has 2 rings (SSSR count). The Morgan fingerprint density at radius 1 is 0.958 bits per heavy atom. The third-order valence-corrected chi connectivity index (χ3v) is 3.89.